The van der Waals surface area contributed by atoms with Crippen molar-refractivity contribution in [1.82, 2.24) is 9.78 Å². The van der Waals surface area contributed by atoms with Crippen LogP contribution < -0.4 is 5.32 Å². The number of halogens is 5. The van der Waals surface area contributed by atoms with Crippen molar-refractivity contribution in [3.05, 3.63) is 59.3 Å². The Morgan fingerprint density at radius 1 is 1.23 bits per heavy atom. The molecule has 0 fully saturated rings. The number of alkyl halides is 3. The number of anilines is 1. The van der Waals surface area contributed by atoms with Gasteiger partial charge in [-0.15, -0.1) is 5.10 Å². The molecular weight excluding hydrogens is 411 g/mol. The summed E-state index contributed by atoms with van der Waals surface area (Å²) in [6.07, 6.45) is -4.82. The van der Waals surface area contributed by atoms with Gasteiger partial charge in [-0.2, -0.15) is 22.8 Å². The number of amides is 1. The van der Waals surface area contributed by atoms with Crippen molar-refractivity contribution in [2.45, 2.75) is 25.2 Å². The SMILES string of the molecule is C[C@](O)(Cn1nc(F)c2cc(F)ccc21)C(=O)Nc1ccc(C#N)c(C(F)(F)F)c1. The zero-order valence-corrected chi connectivity index (χ0v) is 15.3. The molecular formula is C19H13F5N4O2. The summed E-state index contributed by atoms with van der Waals surface area (Å²) in [5.41, 5.74) is -4.28. The Morgan fingerprint density at radius 2 is 1.93 bits per heavy atom. The molecule has 0 bridgehead atoms. The molecule has 2 aromatic carbocycles. The highest BCUT2D eigenvalue weighted by Crippen LogP contribution is 2.33. The first-order valence-electron chi connectivity index (χ1n) is 8.39. The van der Waals surface area contributed by atoms with E-state index in [2.05, 4.69) is 10.4 Å². The van der Waals surface area contributed by atoms with Gasteiger partial charge in [-0.05, 0) is 43.3 Å². The summed E-state index contributed by atoms with van der Waals surface area (Å²) >= 11 is 0. The third-order valence-electron chi connectivity index (χ3n) is 4.32. The van der Waals surface area contributed by atoms with Gasteiger partial charge in [0.1, 0.15) is 5.82 Å². The average Bonchev–Trinajstić information content (AvgIpc) is 2.95. The molecule has 0 spiro atoms. The molecule has 0 aliphatic carbocycles. The molecule has 2 N–H and O–H groups in total. The number of benzene rings is 2. The van der Waals surface area contributed by atoms with E-state index in [9.17, 15) is 31.9 Å². The van der Waals surface area contributed by atoms with E-state index in [4.69, 9.17) is 5.26 Å². The number of carbonyl (C=O) groups is 1. The zero-order chi connectivity index (χ0) is 22.3. The number of aliphatic hydroxyl groups is 1. The smallest absolute Gasteiger partial charge is 0.378 e. The third kappa shape index (κ3) is 4.08. The maximum atomic E-state index is 13.9. The van der Waals surface area contributed by atoms with E-state index in [0.717, 1.165) is 35.9 Å². The van der Waals surface area contributed by atoms with Crippen molar-refractivity contribution < 1.29 is 31.9 Å². The minimum Gasteiger partial charge on any atom is -0.378 e. The van der Waals surface area contributed by atoms with Gasteiger partial charge in [0, 0.05) is 5.69 Å². The number of hydrogen-bond donors (Lipinski definition) is 2. The van der Waals surface area contributed by atoms with Crippen LogP contribution >= 0.6 is 0 Å². The van der Waals surface area contributed by atoms with Crippen LogP contribution in [-0.4, -0.2) is 26.4 Å². The first kappa shape index (κ1) is 21.2. The van der Waals surface area contributed by atoms with Crippen LogP contribution in [0.5, 0.6) is 0 Å². The zero-order valence-electron chi connectivity index (χ0n) is 15.3. The van der Waals surface area contributed by atoms with Gasteiger partial charge in [0.25, 0.3) is 5.91 Å². The highest BCUT2D eigenvalue weighted by atomic mass is 19.4. The van der Waals surface area contributed by atoms with Crippen molar-refractivity contribution in [3.63, 3.8) is 0 Å². The second kappa shape index (κ2) is 7.38. The number of fused-ring (bicyclic) bond motifs is 1. The standard InChI is InChI=1S/C19H13F5N4O2/c1-18(30,9-28-15-5-3-11(20)6-13(15)16(21)27-28)17(29)26-12-4-2-10(8-25)14(7-12)19(22,23)24/h2-7,30H,9H2,1H3,(H,26,29)/t18-/m0/s1. The summed E-state index contributed by atoms with van der Waals surface area (Å²) < 4.78 is 67.4. The first-order valence-corrected chi connectivity index (χ1v) is 8.39. The number of aromatic nitrogens is 2. The van der Waals surface area contributed by atoms with Crippen molar-refractivity contribution in [2.24, 2.45) is 0 Å². The lowest BCUT2D eigenvalue weighted by molar-refractivity contribution is -0.138. The predicted octanol–water partition coefficient (Wildman–Crippen LogP) is 3.59. The molecule has 0 aliphatic heterocycles. The van der Waals surface area contributed by atoms with E-state index in [1.807, 2.05) is 0 Å². The Kier molecular flexibility index (Phi) is 5.22. The monoisotopic (exact) mass is 424 g/mol. The number of nitrogens with zero attached hydrogens (tertiary/aromatic N) is 3. The molecule has 0 saturated carbocycles. The second-order valence-corrected chi connectivity index (χ2v) is 6.71. The van der Waals surface area contributed by atoms with Crippen LogP contribution in [0.25, 0.3) is 10.9 Å². The molecule has 0 radical (unpaired) electrons. The molecule has 3 rings (SSSR count). The Labute approximate surface area is 166 Å². The molecule has 0 unspecified atom stereocenters. The van der Waals surface area contributed by atoms with Crippen molar-refractivity contribution in [1.29, 1.82) is 5.26 Å². The molecule has 30 heavy (non-hydrogen) atoms. The summed E-state index contributed by atoms with van der Waals surface area (Å²) in [5.74, 6) is -2.80. The Balaban J connectivity index is 1.86. The fraction of sp³-hybridized carbons (Fsp3) is 0.211. The highest BCUT2D eigenvalue weighted by Gasteiger charge is 2.35. The van der Waals surface area contributed by atoms with Crippen molar-refractivity contribution in [3.8, 4) is 6.07 Å². The van der Waals surface area contributed by atoms with Crippen LogP contribution in [0.2, 0.25) is 0 Å². The lowest BCUT2D eigenvalue weighted by Gasteiger charge is -2.23. The van der Waals surface area contributed by atoms with Gasteiger partial charge in [0.05, 0.1) is 34.6 Å². The Hall–Kier alpha value is -3.52. The number of nitrogens with one attached hydrogen (secondary N) is 1. The number of rotatable bonds is 4. The first-order chi connectivity index (χ1) is 13.9. The van der Waals surface area contributed by atoms with Crippen LogP contribution in [0, 0.1) is 23.1 Å². The summed E-state index contributed by atoms with van der Waals surface area (Å²) in [7, 11) is 0. The third-order valence-corrected chi connectivity index (χ3v) is 4.32. The lowest BCUT2D eigenvalue weighted by atomic mass is 10.0. The van der Waals surface area contributed by atoms with Gasteiger partial charge < -0.3 is 10.4 Å². The number of hydrogen-bond acceptors (Lipinski definition) is 4. The Morgan fingerprint density at radius 3 is 2.57 bits per heavy atom. The molecule has 6 nitrogen and oxygen atoms in total. The van der Waals surface area contributed by atoms with Crippen molar-refractivity contribution >= 4 is 22.5 Å². The molecule has 1 atom stereocenters. The van der Waals surface area contributed by atoms with E-state index in [-0.39, 0.29) is 16.6 Å². The van der Waals surface area contributed by atoms with Crippen LogP contribution in [-0.2, 0) is 17.5 Å². The summed E-state index contributed by atoms with van der Waals surface area (Å²) in [5, 5.41) is 24.8. The summed E-state index contributed by atoms with van der Waals surface area (Å²) in [6.45, 7) is 0.499. The minimum atomic E-state index is -4.82. The van der Waals surface area contributed by atoms with Gasteiger partial charge >= 0.3 is 6.18 Å². The van der Waals surface area contributed by atoms with Gasteiger partial charge in [0.2, 0.25) is 5.95 Å². The Bertz CT molecular complexity index is 1180. The van der Waals surface area contributed by atoms with Gasteiger partial charge in [0.15, 0.2) is 5.60 Å². The second-order valence-electron chi connectivity index (χ2n) is 6.71. The normalized spacial score (nSPS) is 13.7. The summed E-state index contributed by atoms with van der Waals surface area (Å²) in [6, 6.07) is 7.10. The minimum absolute atomic E-state index is 0.111. The number of carbonyl (C=O) groups excluding carboxylic acids is 1. The molecule has 11 heteroatoms. The van der Waals surface area contributed by atoms with Crippen molar-refractivity contribution in [2.75, 3.05) is 5.32 Å². The van der Waals surface area contributed by atoms with Crippen LogP contribution in [0.4, 0.5) is 27.6 Å². The molecule has 156 valence electrons. The highest BCUT2D eigenvalue weighted by molar-refractivity contribution is 5.97. The fourth-order valence-electron chi connectivity index (χ4n) is 2.82. The van der Waals surface area contributed by atoms with E-state index in [1.54, 1.807) is 0 Å². The summed E-state index contributed by atoms with van der Waals surface area (Å²) in [4.78, 5) is 12.4. The predicted molar refractivity (Wildman–Crippen MR) is 95.1 cm³/mol. The number of nitriles is 1. The average molecular weight is 424 g/mol. The topological polar surface area (TPSA) is 90.9 Å². The molecule has 1 amide bonds. The van der Waals surface area contributed by atoms with Gasteiger partial charge in [-0.1, -0.05) is 0 Å². The molecule has 0 aliphatic rings. The van der Waals surface area contributed by atoms with E-state index in [1.165, 1.54) is 12.1 Å². The van der Waals surface area contributed by atoms with E-state index in [0.29, 0.717) is 6.07 Å². The van der Waals surface area contributed by atoms with E-state index >= 15 is 0 Å². The van der Waals surface area contributed by atoms with Crippen LogP contribution in [0.1, 0.15) is 18.1 Å². The lowest BCUT2D eigenvalue weighted by Crippen LogP contribution is -2.44. The molecule has 0 saturated heterocycles. The maximum Gasteiger partial charge on any atom is 0.417 e. The van der Waals surface area contributed by atoms with Crippen LogP contribution in [0.15, 0.2) is 36.4 Å². The van der Waals surface area contributed by atoms with Gasteiger partial charge in [-0.25, -0.2) is 4.39 Å². The molecule has 1 aromatic heterocycles. The molecule has 1 heterocycles. The van der Waals surface area contributed by atoms with Gasteiger partial charge in [-0.3, -0.25) is 9.48 Å². The quantitative estimate of drug-likeness (QED) is 0.627. The molecule has 3 aromatic rings. The van der Waals surface area contributed by atoms with E-state index < -0.39 is 47.1 Å². The fourth-order valence-corrected chi connectivity index (χ4v) is 2.82. The van der Waals surface area contributed by atoms with Crippen LogP contribution in [0.3, 0.4) is 0 Å². The largest absolute Gasteiger partial charge is 0.417 e. The maximum absolute atomic E-state index is 13.9.